The van der Waals surface area contributed by atoms with Crippen LogP contribution in [0.5, 0.6) is 0 Å². The fourth-order valence-electron chi connectivity index (χ4n) is 1.34. The summed E-state index contributed by atoms with van der Waals surface area (Å²) in [5.74, 6) is 0.274. The molecule has 2 N–H and O–H groups in total. The van der Waals surface area contributed by atoms with Crippen molar-refractivity contribution in [3.05, 3.63) is 0 Å². The highest BCUT2D eigenvalue weighted by atomic mass is 16.1. The van der Waals surface area contributed by atoms with Crippen LogP contribution in [0, 0.1) is 5.92 Å². The van der Waals surface area contributed by atoms with Crippen molar-refractivity contribution in [3.63, 3.8) is 0 Å². The normalized spacial score (nSPS) is 24.1. The molecular formula is C9H18N2O. The highest BCUT2D eigenvalue weighted by Crippen LogP contribution is 2.02. The zero-order valence-electron chi connectivity index (χ0n) is 7.89. The first-order chi connectivity index (χ1) is 5.70. The summed E-state index contributed by atoms with van der Waals surface area (Å²) in [6, 6.07) is 0.355. The van der Waals surface area contributed by atoms with E-state index < -0.39 is 0 Å². The van der Waals surface area contributed by atoms with Crippen LogP contribution in [0.1, 0.15) is 26.7 Å². The van der Waals surface area contributed by atoms with Gasteiger partial charge in [0.2, 0.25) is 5.91 Å². The molecule has 1 aliphatic rings. The predicted molar refractivity (Wildman–Crippen MR) is 48.9 cm³/mol. The van der Waals surface area contributed by atoms with E-state index in [0.717, 1.165) is 19.5 Å². The quantitative estimate of drug-likeness (QED) is 0.634. The van der Waals surface area contributed by atoms with Crippen molar-refractivity contribution >= 4 is 5.91 Å². The van der Waals surface area contributed by atoms with Crippen LogP contribution >= 0.6 is 0 Å². The molecule has 12 heavy (non-hydrogen) atoms. The van der Waals surface area contributed by atoms with Gasteiger partial charge in [0, 0.05) is 18.5 Å². The van der Waals surface area contributed by atoms with Crippen LogP contribution in [0.2, 0.25) is 0 Å². The molecule has 1 rings (SSSR count). The maximum absolute atomic E-state index is 11.3. The Bertz CT molecular complexity index is 151. The van der Waals surface area contributed by atoms with Crippen molar-refractivity contribution in [1.82, 2.24) is 10.6 Å². The van der Waals surface area contributed by atoms with Crippen LogP contribution in [0.15, 0.2) is 0 Å². The third kappa shape index (κ3) is 2.81. The summed E-state index contributed by atoms with van der Waals surface area (Å²) >= 11 is 0. The molecule has 0 aromatic heterocycles. The van der Waals surface area contributed by atoms with Gasteiger partial charge >= 0.3 is 0 Å². The van der Waals surface area contributed by atoms with Gasteiger partial charge in [-0.2, -0.15) is 0 Å². The zero-order valence-corrected chi connectivity index (χ0v) is 7.89. The van der Waals surface area contributed by atoms with Crippen molar-refractivity contribution in [2.24, 2.45) is 5.92 Å². The second-order valence-corrected chi connectivity index (χ2v) is 3.71. The molecule has 1 atom stereocenters. The average molecular weight is 170 g/mol. The van der Waals surface area contributed by atoms with E-state index in [4.69, 9.17) is 0 Å². The molecule has 0 bridgehead atoms. The fraction of sp³-hybridized carbons (Fsp3) is 0.889. The number of hydrogen-bond donors (Lipinski definition) is 2. The van der Waals surface area contributed by atoms with E-state index in [9.17, 15) is 4.79 Å². The Morgan fingerprint density at radius 3 is 2.83 bits per heavy atom. The van der Waals surface area contributed by atoms with Gasteiger partial charge < -0.3 is 10.6 Å². The number of hydrogen-bond acceptors (Lipinski definition) is 2. The Labute approximate surface area is 73.9 Å². The highest BCUT2D eigenvalue weighted by molar-refractivity contribution is 5.78. The van der Waals surface area contributed by atoms with Gasteiger partial charge in [-0.25, -0.2) is 0 Å². The lowest BCUT2D eigenvalue weighted by Gasteiger charge is -2.24. The van der Waals surface area contributed by atoms with Crippen molar-refractivity contribution in [3.8, 4) is 0 Å². The fourth-order valence-corrected chi connectivity index (χ4v) is 1.34. The summed E-state index contributed by atoms with van der Waals surface area (Å²) in [7, 11) is 0. The summed E-state index contributed by atoms with van der Waals surface area (Å²) < 4.78 is 0. The predicted octanol–water partition coefficient (Wildman–Crippen LogP) is 0.511. The first-order valence-electron chi connectivity index (χ1n) is 4.71. The van der Waals surface area contributed by atoms with Crippen LogP contribution in [0.3, 0.4) is 0 Å². The molecule has 0 aromatic rings. The van der Waals surface area contributed by atoms with E-state index >= 15 is 0 Å². The Balaban J connectivity index is 2.24. The number of piperidine rings is 1. The molecule has 0 spiro atoms. The van der Waals surface area contributed by atoms with Gasteiger partial charge in [0.1, 0.15) is 0 Å². The first-order valence-corrected chi connectivity index (χ1v) is 4.71. The van der Waals surface area contributed by atoms with Gasteiger partial charge in [-0.15, -0.1) is 0 Å². The number of carbonyl (C=O) groups excluding carboxylic acids is 1. The summed E-state index contributed by atoms with van der Waals surface area (Å²) in [6.07, 6.45) is 2.29. The van der Waals surface area contributed by atoms with Gasteiger partial charge in [0.15, 0.2) is 0 Å². The molecule has 0 unspecified atom stereocenters. The molecule has 1 fully saturated rings. The van der Waals surface area contributed by atoms with Crippen molar-refractivity contribution in [2.45, 2.75) is 32.7 Å². The molecule has 3 nitrogen and oxygen atoms in total. The van der Waals surface area contributed by atoms with Crippen LogP contribution in [-0.2, 0) is 4.79 Å². The van der Waals surface area contributed by atoms with Gasteiger partial charge in [-0.1, -0.05) is 13.8 Å². The Hall–Kier alpha value is -0.570. The highest BCUT2D eigenvalue weighted by Gasteiger charge is 2.16. The minimum absolute atomic E-state index is 0.104. The van der Waals surface area contributed by atoms with E-state index in [1.165, 1.54) is 6.42 Å². The van der Waals surface area contributed by atoms with E-state index in [1.54, 1.807) is 0 Å². The lowest BCUT2D eigenvalue weighted by molar-refractivity contribution is -0.124. The van der Waals surface area contributed by atoms with E-state index in [0.29, 0.717) is 6.04 Å². The van der Waals surface area contributed by atoms with Gasteiger partial charge in [-0.3, -0.25) is 4.79 Å². The van der Waals surface area contributed by atoms with E-state index in [-0.39, 0.29) is 11.8 Å². The zero-order chi connectivity index (χ0) is 8.97. The van der Waals surface area contributed by atoms with Crippen LogP contribution < -0.4 is 10.6 Å². The molecule has 0 aromatic carbocycles. The van der Waals surface area contributed by atoms with E-state index in [2.05, 4.69) is 10.6 Å². The molecule has 70 valence electrons. The number of nitrogens with one attached hydrogen (secondary N) is 2. The van der Waals surface area contributed by atoms with Crippen molar-refractivity contribution in [2.75, 3.05) is 13.1 Å². The Morgan fingerprint density at radius 2 is 2.33 bits per heavy atom. The summed E-state index contributed by atoms with van der Waals surface area (Å²) in [4.78, 5) is 11.3. The molecule has 0 saturated carbocycles. The second kappa shape index (κ2) is 4.45. The molecule has 3 heteroatoms. The maximum atomic E-state index is 11.3. The molecule has 1 saturated heterocycles. The summed E-state index contributed by atoms with van der Waals surface area (Å²) in [5, 5.41) is 6.28. The summed E-state index contributed by atoms with van der Waals surface area (Å²) in [5.41, 5.74) is 0. The van der Waals surface area contributed by atoms with Crippen molar-refractivity contribution < 1.29 is 4.79 Å². The SMILES string of the molecule is CC(C)C(=O)N[C@H]1CCCNC1. The average Bonchev–Trinajstić information content (AvgIpc) is 2.06. The first kappa shape index (κ1) is 9.52. The third-order valence-electron chi connectivity index (χ3n) is 2.17. The molecule has 1 heterocycles. The molecule has 0 radical (unpaired) electrons. The number of amides is 1. The minimum atomic E-state index is 0.104. The van der Waals surface area contributed by atoms with E-state index in [1.807, 2.05) is 13.8 Å². The van der Waals surface area contributed by atoms with Gasteiger partial charge in [-0.05, 0) is 19.4 Å². The molecule has 1 aliphatic heterocycles. The molecule has 0 aliphatic carbocycles. The molecule has 1 amide bonds. The number of carbonyl (C=O) groups is 1. The van der Waals surface area contributed by atoms with Gasteiger partial charge in [0.05, 0.1) is 0 Å². The maximum Gasteiger partial charge on any atom is 0.222 e. The lowest BCUT2D eigenvalue weighted by atomic mass is 10.1. The topological polar surface area (TPSA) is 41.1 Å². The largest absolute Gasteiger partial charge is 0.352 e. The third-order valence-corrected chi connectivity index (χ3v) is 2.17. The standard InChI is InChI=1S/C9H18N2O/c1-7(2)9(12)11-8-4-3-5-10-6-8/h7-8,10H,3-6H2,1-2H3,(H,11,12)/t8-/m0/s1. The molecular weight excluding hydrogens is 152 g/mol. The Morgan fingerprint density at radius 1 is 1.58 bits per heavy atom. The second-order valence-electron chi connectivity index (χ2n) is 3.71. The van der Waals surface area contributed by atoms with Crippen molar-refractivity contribution in [1.29, 1.82) is 0 Å². The van der Waals surface area contributed by atoms with Crippen LogP contribution in [0.4, 0.5) is 0 Å². The van der Waals surface area contributed by atoms with Crippen LogP contribution in [-0.4, -0.2) is 25.0 Å². The summed E-state index contributed by atoms with van der Waals surface area (Å²) in [6.45, 7) is 5.86. The minimum Gasteiger partial charge on any atom is -0.352 e. The van der Waals surface area contributed by atoms with Crippen LogP contribution in [0.25, 0.3) is 0 Å². The number of rotatable bonds is 2. The Kier molecular flexibility index (Phi) is 3.53. The smallest absolute Gasteiger partial charge is 0.222 e. The lowest BCUT2D eigenvalue weighted by Crippen LogP contribution is -2.46. The van der Waals surface area contributed by atoms with Gasteiger partial charge in [0.25, 0.3) is 0 Å². The monoisotopic (exact) mass is 170 g/mol.